The maximum Gasteiger partial charge on any atom is 0.184 e. The molecule has 0 radical (unpaired) electrons. The summed E-state index contributed by atoms with van der Waals surface area (Å²) in [7, 11) is 0. The number of hydrogen-bond acceptors (Lipinski definition) is 6. The van der Waals surface area contributed by atoms with Crippen LogP contribution in [0.1, 0.15) is 35.6 Å². The molecule has 0 N–H and O–H groups in total. The Morgan fingerprint density at radius 2 is 0.788 bits per heavy atom. The number of benzene rings is 3. The lowest BCUT2D eigenvalue weighted by Gasteiger charge is -2.40. The topological polar surface area (TPSA) is 55.4 Å². The molecule has 33 heavy (non-hydrogen) atoms. The van der Waals surface area contributed by atoms with Crippen LogP contribution >= 0.6 is 0 Å². The first kappa shape index (κ1) is 21.0. The van der Waals surface area contributed by atoms with E-state index in [9.17, 15) is 0 Å². The summed E-state index contributed by atoms with van der Waals surface area (Å²) >= 11 is 0. The highest BCUT2D eigenvalue weighted by Crippen LogP contribution is 2.42. The summed E-state index contributed by atoms with van der Waals surface area (Å²) in [4.78, 5) is 0. The minimum Gasteiger partial charge on any atom is -0.346 e. The SMILES string of the molecule is c1ccc(C2O[C@@H]3[C@@H](O2)[C@H]2COC(c4ccccc4)O[C@H]3COC(c3ccccc3)O2)cc1. The summed E-state index contributed by atoms with van der Waals surface area (Å²) < 4.78 is 38.3. The summed E-state index contributed by atoms with van der Waals surface area (Å²) in [6, 6.07) is 29.8. The zero-order valence-electron chi connectivity index (χ0n) is 18.1. The molecule has 0 aromatic heterocycles. The van der Waals surface area contributed by atoms with Crippen molar-refractivity contribution in [1.82, 2.24) is 0 Å². The van der Waals surface area contributed by atoms with Crippen LogP contribution in [0.5, 0.6) is 0 Å². The summed E-state index contributed by atoms with van der Waals surface area (Å²) in [6.45, 7) is 0.565. The van der Waals surface area contributed by atoms with Crippen molar-refractivity contribution in [1.29, 1.82) is 0 Å². The molecule has 3 aromatic rings. The highest BCUT2D eigenvalue weighted by Gasteiger charge is 2.51. The van der Waals surface area contributed by atoms with Gasteiger partial charge in [-0.05, 0) is 0 Å². The van der Waals surface area contributed by atoms with Crippen molar-refractivity contribution in [3.63, 3.8) is 0 Å². The third-order valence-electron chi connectivity index (χ3n) is 6.25. The summed E-state index contributed by atoms with van der Waals surface area (Å²) in [6.07, 6.45) is -3.09. The van der Waals surface area contributed by atoms with Crippen molar-refractivity contribution in [2.75, 3.05) is 13.2 Å². The molecule has 3 heterocycles. The number of ether oxygens (including phenoxy) is 6. The van der Waals surface area contributed by atoms with Gasteiger partial charge in [-0.1, -0.05) is 91.0 Å². The van der Waals surface area contributed by atoms with Gasteiger partial charge in [-0.15, -0.1) is 0 Å². The van der Waals surface area contributed by atoms with Crippen LogP contribution in [0, 0.1) is 0 Å². The van der Waals surface area contributed by atoms with Crippen LogP contribution in [0.4, 0.5) is 0 Å². The summed E-state index contributed by atoms with van der Waals surface area (Å²) in [5, 5.41) is 0. The largest absolute Gasteiger partial charge is 0.346 e. The Morgan fingerprint density at radius 3 is 1.18 bits per heavy atom. The van der Waals surface area contributed by atoms with Crippen LogP contribution in [0.15, 0.2) is 91.0 Å². The first-order valence-electron chi connectivity index (χ1n) is 11.3. The van der Waals surface area contributed by atoms with E-state index in [0.29, 0.717) is 0 Å². The zero-order valence-corrected chi connectivity index (χ0v) is 18.1. The van der Waals surface area contributed by atoms with Crippen LogP contribution in [0.25, 0.3) is 0 Å². The second kappa shape index (κ2) is 9.35. The van der Waals surface area contributed by atoms with E-state index < -0.39 is 31.1 Å². The molecule has 0 aliphatic carbocycles. The minimum absolute atomic E-state index is 0.283. The zero-order chi connectivity index (χ0) is 22.0. The molecule has 3 fully saturated rings. The van der Waals surface area contributed by atoms with Gasteiger partial charge in [0.2, 0.25) is 0 Å². The fourth-order valence-corrected chi connectivity index (χ4v) is 4.59. The van der Waals surface area contributed by atoms with Crippen LogP contribution in [0.2, 0.25) is 0 Å². The second-order valence-corrected chi connectivity index (χ2v) is 8.44. The van der Waals surface area contributed by atoms with E-state index >= 15 is 0 Å². The smallest absolute Gasteiger partial charge is 0.184 e. The van der Waals surface area contributed by atoms with Gasteiger partial charge >= 0.3 is 0 Å². The lowest BCUT2D eigenvalue weighted by molar-refractivity contribution is -0.304. The molecule has 6 heteroatoms. The van der Waals surface area contributed by atoms with Gasteiger partial charge in [0, 0.05) is 16.7 Å². The molecule has 3 aliphatic rings. The molecule has 170 valence electrons. The quantitative estimate of drug-likeness (QED) is 0.582. The van der Waals surface area contributed by atoms with Crippen LogP contribution < -0.4 is 0 Å². The Morgan fingerprint density at radius 1 is 0.424 bits per heavy atom. The molecule has 3 aliphatic heterocycles. The Balaban J connectivity index is 1.33. The fourth-order valence-electron chi connectivity index (χ4n) is 4.59. The van der Waals surface area contributed by atoms with E-state index in [1.165, 1.54) is 0 Å². The van der Waals surface area contributed by atoms with Crippen LogP contribution in [-0.2, 0) is 28.4 Å². The van der Waals surface area contributed by atoms with Crippen LogP contribution in [0.3, 0.4) is 0 Å². The molecule has 3 saturated heterocycles. The van der Waals surface area contributed by atoms with Gasteiger partial charge in [0.25, 0.3) is 0 Å². The van der Waals surface area contributed by atoms with Crippen molar-refractivity contribution < 1.29 is 28.4 Å². The van der Waals surface area contributed by atoms with E-state index in [4.69, 9.17) is 28.4 Å². The highest BCUT2D eigenvalue weighted by atomic mass is 16.8. The Labute approximate surface area is 192 Å². The van der Waals surface area contributed by atoms with E-state index in [1.807, 2.05) is 91.0 Å². The minimum atomic E-state index is -0.542. The van der Waals surface area contributed by atoms with Crippen molar-refractivity contribution in [2.45, 2.75) is 43.3 Å². The van der Waals surface area contributed by atoms with Gasteiger partial charge in [0.1, 0.15) is 24.4 Å². The van der Waals surface area contributed by atoms with E-state index in [1.54, 1.807) is 0 Å². The van der Waals surface area contributed by atoms with E-state index in [2.05, 4.69) is 0 Å². The molecule has 6 nitrogen and oxygen atoms in total. The Hall–Kier alpha value is -2.58. The standard InChI is InChI=1S/C27H26O6/c1-4-10-18(11-5-1)25-28-16-22-24-23(32-27(33-24)20-14-8-3-9-15-20)21(30-25)17-29-26(31-22)19-12-6-2-7-13-19/h1-15,21-27H,16-17H2/t21-,22+,23-,24-,25?,26?,27?/m0/s1. The van der Waals surface area contributed by atoms with Gasteiger partial charge in [-0.25, -0.2) is 0 Å². The Bertz CT molecular complexity index is 965. The van der Waals surface area contributed by atoms with Gasteiger partial charge in [0.15, 0.2) is 18.9 Å². The number of hydrogen-bond donors (Lipinski definition) is 0. The van der Waals surface area contributed by atoms with Crippen molar-refractivity contribution in [3.8, 4) is 0 Å². The predicted octanol–water partition coefficient (Wildman–Crippen LogP) is 4.70. The maximum absolute atomic E-state index is 6.47. The van der Waals surface area contributed by atoms with Crippen molar-refractivity contribution in [2.24, 2.45) is 0 Å². The van der Waals surface area contributed by atoms with Gasteiger partial charge < -0.3 is 28.4 Å². The lowest BCUT2D eigenvalue weighted by atomic mass is 10.0. The molecule has 0 spiro atoms. The highest BCUT2D eigenvalue weighted by molar-refractivity contribution is 5.19. The van der Waals surface area contributed by atoms with Crippen molar-refractivity contribution >= 4 is 0 Å². The molecule has 0 amide bonds. The Kier molecular flexibility index (Phi) is 5.94. The average Bonchev–Trinajstić information content (AvgIpc) is 3.31. The lowest BCUT2D eigenvalue weighted by Crippen LogP contribution is -2.53. The molecule has 2 bridgehead atoms. The first-order valence-corrected chi connectivity index (χ1v) is 11.3. The second-order valence-electron chi connectivity index (χ2n) is 8.44. The van der Waals surface area contributed by atoms with E-state index in [-0.39, 0.29) is 25.4 Å². The maximum atomic E-state index is 6.47. The van der Waals surface area contributed by atoms with Gasteiger partial charge in [-0.3, -0.25) is 0 Å². The third kappa shape index (κ3) is 4.34. The summed E-state index contributed by atoms with van der Waals surface area (Å²) in [5.41, 5.74) is 2.85. The van der Waals surface area contributed by atoms with Gasteiger partial charge in [-0.2, -0.15) is 0 Å². The molecule has 7 atom stereocenters. The van der Waals surface area contributed by atoms with Crippen LogP contribution in [-0.4, -0.2) is 37.6 Å². The molecule has 0 saturated carbocycles. The number of rotatable bonds is 3. The monoisotopic (exact) mass is 446 g/mol. The molecule has 3 unspecified atom stereocenters. The van der Waals surface area contributed by atoms with Gasteiger partial charge in [0.05, 0.1) is 13.2 Å². The third-order valence-corrected chi connectivity index (χ3v) is 6.25. The predicted molar refractivity (Wildman–Crippen MR) is 119 cm³/mol. The molecule has 6 rings (SSSR count). The first-order chi connectivity index (χ1) is 16.3. The average molecular weight is 446 g/mol. The normalized spacial score (nSPS) is 34.0. The van der Waals surface area contributed by atoms with E-state index in [0.717, 1.165) is 16.7 Å². The summed E-state index contributed by atoms with van der Waals surface area (Å²) in [5.74, 6) is 0. The molecule has 3 aromatic carbocycles. The molecular formula is C27H26O6. The molecular weight excluding hydrogens is 420 g/mol. The fraction of sp³-hybridized carbons (Fsp3) is 0.333. The van der Waals surface area contributed by atoms with Crippen molar-refractivity contribution in [3.05, 3.63) is 108 Å².